The summed E-state index contributed by atoms with van der Waals surface area (Å²) < 4.78 is 39.4. The van der Waals surface area contributed by atoms with Gasteiger partial charge in [-0.05, 0) is 24.3 Å². The third kappa shape index (κ3) is 3.43. The molecule has 0 aliphatic rings. The van der Waals surface area contributed by atoms with Crippen LogP contribution in [-0.2, 0) is 0 Å². The molecule has 0 aromatic heterocycles. The first-order valence-corrected chi connectivity index (χ1v) is 6.17. The summed E-state index contributed by atoms with van der Waals surface area (Å²) in [4.78, 5) is 0. The smallest absolute Gasteiger partial charge is 0.143 e. The number of hydrogen-bond donors (Lipinski definition) is 2. The number of aliphatic hydroxyl groups is 1. The first kappa shape index (κ1) is 14.7. The maximum absolute atomic E-state index is 13.4. The molecule has 2 aromatic carbocycles. The van der Waals surface area contributed by atoms with Gasteiger partial charge in [-0.3, -0.25) is 0 Å². The van der Waals surface area contributed by atoms with Crippen molar-refractivity contribution in [3.8, 4) is 0 Å². The van der Waals surface area contributed by atoms with E-state index >= 15 is 0 Å². The standard InChI is InChI=1S/C14H11ClF3NO/c15-11-4-2-9(6-13(11)18)19-7-14(20)10-3-1-8(16)5-12(10)17/h1-6,14,19-20H,7H2. The lowest BCUT2D eigenvalue weighted by Gasteiger charge is -2.14. The Bertz CT molecular complexity index is 621. The van der Waals surface area contributed by atoms with E-state index < -0.39 is 23.6 Å². The van der Waals surface area contributed by atoms with Crippen LogP contribution >= 0.6 is 11.6 Å². The quantitative estimate of drug-likeness (QED) is 0.897. The van der Waals surface area contributed by atoms with Crippen LogP contribution in [0.15, 0.2) is 36.4 Å². The molecule has 20 heavy (non-hydrogen) atoms. The largest absolute Gasteiger partial charge is 0.386 e. The molecular formula is C14H11ClF3NO. The molecule has 1 unspecified atom stereocenters. The molecular weight excluding hydrogens is 291 g/mol. The summed E-state index contributed by atoms with van der Waals surface area (Å²) in [6.45, 7) is -0.0520. The Kier molecular flexibility index (Phi) is 4.52. The van der Waals surface area contributed by atoms with Crippen molar-refractivity contribution in [2.45, 2.75) is 6.10 Å². The van der Waals surface area contributed by atoms with Gasteiger partial charge in [0.1, 0.15) is 17.5 Å². The summed E-state index contributed by atoms with van der Waals surface area (Å²) >= 11 is 5.54. The molecule has 106 valence electrons. The van der Waals surface area contributed by atoms with Crippen LogP contribution in [0.4, 0.5) is 18.9 Å². The summed E-state index contributed by atoms with van der Waals surface area (Å²) in [6.07, 6.45) is -1.19. The van der Waals surface area contributed by atoms with Gasteiger partial charge in [-0.1, -0.05) is 17.7 Å². The van der Waals surface area contributed by atoms with Gasteiger partial charge in [-0.25, -0.2) is 13.2 Å². The molecule has 1 atom stereocenters. The Morgan fingerprint density at radius 2 is 1.80 bits per heavy atom. The molecule has 0 aliphatic heterocycles. The van der Waals surface area contributed by atoms with Crippen molar-refractivity contribution >= 4 is 17.3 Å². The van der Waals surface area contributed by atoms with Gasteiger partial charge in [-0.2, -0.15) is 0 Å². The minimum absolute atomic E-state index is 0.0133. The van der Waals surface area contributed by atoms with Crippen molar-refractivity contribution in [1.82, 2.24) is 0 Å². The van der Waals surface area contributed by atoms with Crippen LogP contribution in [0.25, 0.3) is 0 Å². The van der Waals surface area contributed by atoms with Crippen molar-refractivity contribution in [2.24, 2.45) is 0 Å². The first-order chi connectivity index (χ1) is 9.47. The fourth-order valence-electron chi connectivity index (χ4n) is 1.70. The van der Waals surface area contributed by atoms with Gasteiger partial charge in [0.2, 0.25) is 0 Å². The monoisotopic (exact) mass is 301 g/mol. The van der Waals surface area contributed by atoms with Gasteiger partial charge in [0, 0.05) is 23.9 Å². The second kappa shape index (κ2) is 6.15. The maximum Gasteiger partial charge on any atom is 0.143 e. The zero-order chi connectivity index (χ0) is 14.7. The van der Waals surface area contributed by atoms with Gasteiger partial charge in [0.15, 0.2) is 0 Å². The minimum Gasteiger partial charge on any atom is -0.386 e. The Balaban J connectivity index is 2.04. The van der Waals surface area contributed by atoms with Gasteiger partial charge in [0.05, 0.1) is 11.1 Å². The van der Waals surface area contributed by atoms with Gasteiger partial charge < -0.3 is 10.4 Å². The molecule has 0 saturated carbocycles. The lowest BCUT2D eigenvalue weighted by atomic mass is 10.1. The molecule has 2 rings (SSSR count). The average Bonchev–Trinajstić information content (AvgIpc) is 2.40. The average molecular weight is 302 g/mol. The van der Waals surface area contributed by atoms with E-state index in [2.05, 4.69) is 5.32 Å². The van der Waals surface area contributed by atoms with Gasteiger partial charge >= 0.3 is 0 Å². The predicted molar refractivity (Wildman–Crippen MR) is 71.2 cm³/mol. The van der Waals surface area contributed by atoms with E-state index in [0.717, 1.165) is 12.1 Å². The summed E-state index contributed by atoms with van der Waals surface area (Å²) in [5, 5.41) is 12.6. The second-order valence-electron chi connectivity index (χ2n) is 4.19. The van der Waals surface area contributed by atoms with Crippen molar-refractivity contribution in [3.05, 3.63) is 64.4 Å². The van der Waals surface area contributed by atoms with Crippen molar-refractivity contribution in [2.75, 3.05) is 11.9 Å². The number of rotatable bonds is 4. The zero-order valence-corrected chi connectivity index (χ0v) is 11.0. The van der Waals surface area contributed by atoms with Crippen LogP contribution in [0.2, 0.25) is 5.02 Å². The van der Waals surface area contributed by atoms with Crippen LogP contribution in [-0.4, -0.2) is 11.7 Å². The summed E-state index contributed by atoms with van der Waals surface area (Å²) in [5.74, 6) is -2.15. The van der Waals surface area contributed by atoms with E-state index in [1.807, 2.05) is 0 Å². The van der Waals surface area contributed by atoms with E-state index in [1.54, 1.807) is 0 Å². The molecule has 0 spiro atoms. The number of aliphatic hydroxyl groups excluding tert-OH is 1. The number of hydrogen-bond acceptors (Lipinski definition) is 2. The summed E-state index contributed by atoms with van der Waals surface area (Å²) in [7, 11) is 0. The van der Waals surface area contributed by atoms with Crippen molar-refractivity contribution < 1.29 is 18.3 Å². The molecule has 0 radical (unpaired) electrons. The van der Waals surface area contributed by atoms with Crippen LogP contribution in [0.1, 0.15) is 11.7 Å². The Morgan fingerprint density at radius 1 is 1.05 bits per heavy atom. The highest BCUT2D eigenvalue weighted by atomic mass is 35.5. The lowest BCUT2D eigenvalue weighted by Crippen LogP contribution is -2.13. The van der Waals surface area contributed by atoms with Crippen LogP contribution in [0.5, 0.6) is 0 Å². The molecule has 0 fully saturated rings. The van der Waals surface area contributed by atoms with Crippen LogP contribution in [0, 0.1) is 17.5 Å². The molecule has 0 bridgehead atoms. The van der Waals surface area contributed by atoms with Gasteiger partial charge in [0.25, 0.3) is 0 Å². The highest BCUT2D eigenvalue weighted by Gasteiger charge is 2.13. The highest BCUT2D eigenvalue weighted by Crippen LogP contribution is 2.21. The van der Waals surface area contributed by atoms with E-state index in [-0.39, 0.29) is 17.1 Å². The van der Waals surface area contributed by atoms with E-state index in [9.17, 15) is 18.3 Å². The molecule has 0 saturated heterocycles. The molecule has 2 N–H and O–H groups in total. The molecule has 0 heterocycles. The number of anilines is 1. The zero-order valence-electron chi connectivity index (χ0n) is 10.2. The van der Waals surface area contributed by atoms with E-state index in [0.29, 0.717) is 11.8 Å². The maximum atomic E-state index is 13.4. The molecule has 0 amide bonds. The van der Waals surface area contributed by atoms with Crippen molar-refractivity contribution in [3.63, 3.8) is 0 Å². The Hall–Kier alpha value is -1.72. The number of nitrogens with one attached hydrogen (secondary N) is 1. The van der Waals surface area contributed by atoms with E-state index in [1.165, 1.54) is 18.2 Å². The fourth-order valence-corrected chi connectivity index (χ4v) is 1.82. The number of benzene rings is 2. The van der Waals surface area contributed by atoms with Gasteiger partial charge in [-0.15, -0.1) is 0 Å². The Labute approximate surface area is 118 Å². The van der Waals surface area contributed by atoms with Crippen LogP contribution in [0.3, 0.4) is 0 Å². The third-order valence-electron chi connectivity index (χ3n) is 2.74. The highest BCUT2D eigenvalue weighted by molar-refractivity contribution is 6.30. The summed E-state index contributed by atoms with van der Waals surface area (Å²) in [6, 6.07) is 6.98. The van der Waals surface area contributed by atoms with E-state index in [4.69, 9.17) is 11.6 Å². The topological polar surface area (TPSA) is 32.3 Å². The van der Waals surface area contributed by atoms with Crippen molar-refractivity contribution in [1.29, 1.82) is 0 Å². The fraction of sp³-hybridized carbons (Fsp3) is 0.143. The summed E-state index contributed by atoms with van der Waals surface area (Å²) in [5.41, 5.74) is 0.363. The lowest BCUT2D eigenvalue weighted by molar-refractivity contribution is 0.186. The second-order valence-corrected chi connectivity index (χ2v) is 4.60. The Morgan fingerprint density at radius 3 is 2.45 bits per heavy atom. The minimum atomic E-state index is -1.19. The molecule has 2 aromatic rings. The molecule has 2 nitrogen and oxygen atoms in total. The molecule has 6 heteroatoms. The first-order valence-electron chi connectivity index (χ1n) is 5.79. The third-order valence-corrected chi connectivity index (χ3v) is 3.05. The normalized spacial score (nSPS) is 12.2. The number of halogens is 4. The SMILES string of the molecule is OC(CNc1ccc(Cl)c(F)c1)c1ccc(F)cc1F. The molecule has 0 aliphatic carbocycles. The predicted octanol–water partition coefficient (Wildman–Crippen LogP) is 3.90. The van der Waals surface area contributed by atoms with Crippen LogP contribution < -0.4 is 5.32 Å².